The lowest BCUT2D eigenvalue weighted by atomic mass is 9.84. The number of nitrogens with one attached hydrogen (secondary N) is 1. The molecule has 15 heavy (non-hydrogen) atoms. The molecule has 0 radical (unpaired) electrons. The summed E-state index contributed by atoms with van der Waals surface area (Å²) in [6.07, 6.45) is 6.36. The molecule has 0 unspecified atom stereocenters. The fraction of sp³-hybridized carbons (Fsp3) is 0.917. The first-order valence-corrected chi connectivity index (χ1v) is 6.08. The number of hydrogen-bond donors (Lipinski definition) is 1. The molecule has 1 N–H and O–H groups in total. The number of carbonyl (C=O) groups is 1. The lowest BCUT2D eigenvalue weighted by Crippen LogP contribution is -2.46. The van der Waals surface area contributed by atoms with Gasteiger partial charge in [-0.1, -0.05) is 19.3 Å². The fourth-order valence-electron chi connectivity index (χ4n) is 2.81. The van der Waals surface area contributed by atoms with Crippen molar-refractivity contribution >= 4 is 5.91 Å². The molecule has 3 nitrogen and oxygen atoms in total. The van der Waals surface area contributed by atoms with E-state index in [1.54, 1.807) is 0 Å². The van der Waals surface area contributed by atoms with E-state index in [9.17, 15) is 4.79 Å². The van der Waals surface area contributed by atoms with E-state index in [0.717, 1.165) is 0 Å². The lowest BCUT2D eigenvalue weighted by Gasteiger charge is -2.28. The Balaban J connectivity index is 2.07. The highest BCUT2D eigenvalue weighted by Crippen LogP contribution is 2.32. The van der Waals surface area contributed by atoms with E-state index in [1.807, 2.05) is 11.9 Å². The molecule has 2 rings (SSSR count). The second kappa shape index (κ2) is 3.78. The minimum absolute atomic E-state index is 0.0744. The van der Waals surface area contributed by atoms with Gasteiger partial charge in [0.2, 0.25) is 5.91 Å². The molecule has 1 aliphatic carbocycles. The van der Waals surface area contributed by atoms with Crippen LogP contribution in [-0.2, 0) is 4.79 Å². The van der Waals surface area contributed by atoms with Crippen molar-refractivity contribution in [1.82, 2.24) is 10.2 Å². The molecular weight excluding hydrogens is 188 g/mol. The Kier molecular flexibility index (Phi) is 2.75. The average molecular weight is 210 g/mol. The van der Waals surface area contributed by atoms with Gasteiger partial charge in [0.25, 0.3) is 0 Å². The van der Waals surface area contributed by atoms with Crippen LogP contribution in [0.4, 0.5) is 0 Å². The molecule has 3 heteroatoms. The second-order valence-electron chi connectivity index (χ2n) is 5.48. The third-order valence-electron chi connectivity index (χ3n) is 4.07. The molecule has 1 aliphatic heterocycles. The molecule has 0 aromatic heterocycles. The molecule has 1 saturated carbocycles. The highest BCUT2D eigenvalue weighted by Gasteiger charge is 2.45. The first-order chi connectivity index (χ1) is 7.02. The van der Waals surface area contributed by atoms with Crippen LogP contribution in [0.25, 0.3) is 0 Å². The van der Waals surface area contributed by atoms with Gasteiger partial charge in [0.1, 0.15) is 0 Å². The summed E-state index contributed by atoms with van der Waals surface area (Å²) in [5, 5.41) is 3.48. The lowest BCUT2D eigenvalue weighted by molar-refractivity contribution is -0.131. The maximum atomic E-state index is 12.1. The summed E-state index contributed by atoms with van der Waals surface area (Å²) in [7, 11) is 1.90. The topological polar surface area (TPSA) is 32.3 Å². The molecule has 2 aliphatic rings. The van der Waals surface area contributed by atoms with E-state index >= 15 is 0 Å². The number of nitrogens with zero attached hydrogens (tertiary/aromatic N) is 1. The Morgan fingerprint density at radius 1 is 1.27 bits per heavy atom. The summed E-state index contributed by atoms with van der Waals surface area (Å²) in [5.41, 5.74) is -0.167. The van der Waals surface area contributed by atoms with Crippen molar-refractivity contribution in [3.05, 3.63) is 0 Å². The summed E-state index contributed by atoms with van der Waals surface area (Å²) in [6.45, 7) is 4.15. The summed E-state index contributed by atoms with van der Waals surface area (Å²) in [4.78, 5) is 13.9. The molecule has 86 valence electrons. The number of hydrogen-bond acceptors (Lipinski definition) is 2. The van der Waals surface area contributed by atoms with Crippen molar-refractivity contribution in [3.63, 3.8) is 0 Å². The van der Waals surface area contributed by atoms with Crippen molar-refractivity contribution in [3.8, 4) is 0 Å². The molecule has 0 aromatic carbocycles. The smallest absolute Gasteiger partial charge is 0.241 e. The van der Waals surface area contributed by atoms with Crippen molar-refractivity contribution < 1.29 is 4.79 Å². The summed E-state index contributed by atoms with van der Waals surface area (Å²) < 4.78 is 0. The Labute approximate surface area is 92.2 Å². The quantitative estimate of drug-likeness (QED) is 0.715. The Morgan fingerprint density at radius 3 is 2.33 bits per heavy atom. The van der Waals surface area contributed by atoms with Crippen LogP contribution in [0.3, 0.4) is 0 Å². The Morgan fingerprint density at radius 2 is 1.87 bits per heavy atom. The van der Waals surface area contributed by atoms with Gasteiger partial charge in [-0.2, -0.15) is 0 Å². The van der Waals surface area contributed by atoms with Gasteiger partial charge in [0.05, 0.1) is 11.7 Å². The largest absolute Gasteiger partial charge is 0.327 e. The number of likely N-dealkylation sites (N-methyl/N-ethyl adjacent to an activating group) is 1. The zero-order valence-corrected chi connectivity index (χ0v) is 10.0. The molecule has 0 bridgehead atoms. The number of rotatable bonds is 1. The van der Waals surface area contributed by atoms with E-state index in [0.29, 0.717) is 5.92 Å². The van der Waals surface area contributed by atoms with Crippen LogP contribution in [0.1, 0.15) is 46.0 Å². The molecule has 1 amide bonds. The minimum atomic E-state index is -0.167. The van der Waals surface area contributed by atoms with Gasteiger partial charge in [-0.05, 0) is 32.6 Å². The predicted octanol–water partition coefficient (Wildman–Crippen LogP) is 1.73. The SMILES string of the molecule is CN1C(=O)[C@@H](C2CCCCC2)NC1(C)C. The Bertz CT molecular complexity index is 256. The van der Waals surface area contributed by atoms with Crippen LogP contribution in [0.15, 0.2) is 0 Å². The fourth-order valence-corrected chi connectivity index (χ4v) is 2.81. The molecule has 0 spiro atoms. The maximum absolute atomic E-state index is 12.1. The zero-order valence-electron chi connectivity index (χ0n) is 10.0. The van der Waals surface area contributed by atoms with E-state index in [4.69, 9.17) is 0 Å². The van der Waals surface area contributed by atoms with Gasteiger partial charge in [-0.3, -0.25) is 10.1 Å². The van der Waals surface area contributed by atoms with Crippen molar-refractivity contribution in [2.24, 2.45) is 5.92 Å². The van der Waals surface area contributed by atoms with Crippen LogP contribution in [0, 0.1) is 5.92 Å². The van der Waals surface area contributed by atoms with Crippen molar-refractivity contribution in [2.45, 2.75) is 57.7 Å². The summed E-state index contributed by atoms with van der Waals surface area (Å²) in [5.74, 6) is 0.849. The molecule has 0 aromatic rings. The normalized spacial score (nSPS) is 32.3. The third kappa shape index (κ3) is 1.89. The highest BCUT2D eigenvalue weighted by molar-refractivity contribution is 5.85. The minimum Gasteiger partial charge on any atom is -0.327 e. The standard InChI is InChI=1S/C12H22N2O/c1-12(2)13-10(11(15)14(12)3)9-7-5-4-6-8-9/h9-10,13H,4-8H2,1-3H3/t10-/m1/s1. The maximum Gasteiger partial charge on any atom is 0.241 e. The van der Waals surface area contributed by atoms with Crippen LogP contribution >= 0.6 is 0 Å². The van der Waals surface area contributed by atoms with Gasteiger partial charge >= 0.3 is 0 Å². The number of carbonyl (C=O) groups excluding carboxylic acids is 1. The van der Waals surface area contributed by atoms with Crippen LogP contribution in [-0.4, -0.2) is 29.6 Å². The monoisotopic (exact) mass is 210 g/mol. The third-order valence-corrected chi connectivity index (χ3v) is 4.07. The van der Waals surface area contributed by atoms with E-state index in [2.05, 4.69) is 19.2 Å². The second-order valence-corrected chi connectivity index (χ2v) is 5.48. The molecule has 2 fully saturated rings. The van der Waals surface area contributed by atoms with E-state index in [1.165, 1.54) is 32.1 Å². The van der Waals surface area contributed by atoms with Crippen LogP contribution in [0.5, 0.6) is 0 Å². The van der Waals surface area contributed by atoms with Crippen molar-refractivity contribution in [2.75, 3.05) is 7.05 Å². The number of amides is 1. The first-order valence-electron chi connectivity index (χ1n) is 6.08. The summed E-state index contributed by atoms with van der Waals surface area (Å²) in [6, 6.07) is 0.0744. The summed E-state index contributed by atoms with van der Waals surface area (Å²) >= 11 is 0. The van der Waals surface area contributed by atoms with Gasteiger partial charge in [-0.25, -0.2) is 0 Å². The van der Waals surface area contributed by atoms with Gasteiger partial charge in [0, 0.05) is 7.05 Å². The first kappa shape index (κ1) is 10.9. The molecular formula is C12H22N2O. The van der Waals surface area contributed by atoms with Crippen molar-refractivity contribution in [1.29, 1.82) is 0 Å². The predicted molar refractivity (Wildman–Crippen MR) is 60.3 cm³/mol. The Hall–Kier alpha value is -0.570. The van der Waals surface area contributed by atoms with Crippen LogP contribution < -0.4 is 5.32 Å². The van der Waals surface area contributed by atoms with E-state index in [-0.39, 0.29) is 17.6 Å². The highest BCUT2D eigenvalue weighted by atomic mass is 16.2. The van der Waals surface area contributed by atoms with Gasteiger partial charge < -0.3 is 4.90 Å². The molecule has 1 heterocycles. The van der Waals surface area contributed by atoms with Gasteiger partial charge in [-0.15, -0.1) is 0 Å². The van der Waals surface area contributed by atoms with E-state index < -0.39 is 0 Å². The average Bonchev–Trinajstić information content (AvgIpc) is 2.44. The molecule has 1 atom stereocenters. The molecule has 1 saturated heterocycles. The van der Waals surface area contributed by atoms with Crippen LogP contribution in [0.2, 0.25) is 0 Å². The van der Waals surface area contributed by atoms with Gasteiger partial charge in [0.15, 0.2) is 0 Å². The zero-order chi connectivity index (χ0) is 11.1.